The number of carbonyl (C=O) groups is 1. The third kappa shape index (κ3) is 5.45. The summed E-state index contributed by atoms with van der Waals surface area (Å²) in [5, 5.41) is 2.99. The highest BCUT2D eigenvalue weighted by Gasteiger charge is 2.20. The maximum atomic E-state index is 12.6. The Bertz CT molecular complexity index is 861. The molecule has 0 aromatic heterocycles. The minimum Gasteiger partial charge on any atom is -0.490 e. The zero-order chi connectivity index (χ0) is 21.5. The molecule has 1 aliphatic heterocycles. The molecule has 0 atom stereocenters. The van der Waals surface area contributed by atoms with Crippen molar-refractivity contribution in [3.8, 4) is 11.5 Å². The van der Waals surface area contributed by atoms with Gasteiger partial charge in [0.1, 0.15) is 0 Å². The number of aryl methyl sites for hydroxylation is 1. The van der Waals surface area contributed by atoms with Crippen LogP contribution in [0.3, 0.4) is 0 Å². The van der Waals surface area contributed by atoms with Crippen molar-refractivity contribution in [3.05, 3.63) is 47.5 Å². The molecular formula is C24H33N3O3. The molecule has 0 radical (unpaired) electrons. The van der Waals surface area contributed by atoms with Crippen molar-refractivity contribution in [1.82, 2.24) is 4.90 Å². The van der Waals surface area contributed by atoms with Crippen molar-refractivity contribution in [1.29, 1.82) is 0 Å². The van der Waals surface area contributed by atoms with Crippen LogP contribution in [0, 0.1) is 13.8 Å². The molecule has 1 amide bonds. The Labute approximate surface area is 179 Å². The number of nitrogens with one attached hydrogen (secondary N) is 1. The molecule has 0 unspecified atom stereocenters. The number of piperazine rings is 1. The standard InChI is InChI=1S/C24H33N3O3/c1-5-29-22-11-10-20(16-23(22)30-6-2)25-24(28)17-26-12-14-27(15-13-26)21-9-7-8-18(3)19(21)4/h7-11,16H,5-6,12-15,17H2,1-4H3,(H,25,28). The van der Waals surface area contributed by atoms with E-state index < -0.39 is 0 Å². The Hall–Kier alpha value is -2.73. The van der Waals surface area contributed by atoms with E-state index in [4.69, 9.17) is 9.47 Å². The van der Waals surface area contributed by atoms with E-state index in [1.165, 1.54) is 16.8 Å². The average molecular weight is 412 g/mol. The van der Waals surface area contributed by atoms with Gasteiger partial charge in [-0.05, 0) is 57.0 Å². The number of ether oxygens (including phenoxy) is 2. The summed E-state index contributed by atoms with van der Waals surface area (Å²) in [6.07, 6.45) is 0. The van der Waals surface area contributed by atoms with Crippen LogP contribution in [0.25, 0.3) is 0 Å². The molecule has 6 heteroatoms. The van der Waals surface area contributed by atoms with Crippen molar-refractivity contribution in [3.63, 3.8) is 0 Å². The van der Waals surface area contributed by atoms with Gasteiger partial charge in [0.2, 0.25) is 5.91 Å². The number of nitrogens with zero attached hydrogens (tertiary/aromatic N) is 2. The lowest BCUT2D eigenvalue weighted by molar-refractivity contribution is -0.117. The summed E-state index contributed by atoms with van der Waals surface area (Å²) >= 11 is 0. The summed E-state index contributed by atoms with van der Waals surface area (Å²) in [7, 11) is 0. The number of hydrogen-bond donors (Lipinski definition) is 1. The lowest BCUT2D eigenvalue weighted by Crippen LogP contribution is -2.48. The predicted octanol–water partition coefficient (Wildman–Crippen LogP) is 3.86. The van der Waals surface area contributed by atoms with Gasteiger partial charge in [-0.2, -0.15) is 0 Å². The second-order valence-electron chi connectivity index (χ2n) is 7.56. The molecule has 162 valence electrons. The van der Waals surface area contributed by atoms with Crippen LogP contribution < -0.4 is 19.7 Å². The topological polar surface area (TPSA) is 54.0 Å². The molecule has 1 N–H and O–H groups in total. The third-order valence-electron chi connectivity index (χ3n) is 5.48. The molecule has 1 heterocycles. The SMILES string of the molecule is CCOc1ccc(NC(=O)CN2CCN(c3cccc(C)c3C)CC2)cc1OCC. The molecule has 1 aliphatic rings. The second-order valence-corrected chi connectivity index (χ2v) is 7.56. The highest BCUT2D eigenvalue weighted by atomic mass is 16.5. The molecule has 2 aromatic rings. The molecule has 6 nitrogen and oxygen atoms in total. The Balaban J connectivity index is 1.54. The second kappa shape index (κ2) is 10.3. The van der Waals surface area contributed by atoms with Crippen molar-refractivity contribution in [2.24, 2.45) is 0 Å². The maximum absolute atomic E-state index is 12.6. The maximum Gasteiger partial charge on any atom is 0.238 e. The molecule has 3 rings (SSSR count). The average Bonchev–Trinajstić information content (AvgIpc) is 2.73. The lowest BCUT2D eigenvalue weighted by Gasteiger charge is -2.36. The fourth-order valence-corrected chi connectivity index (χ4v) is 3.76. The van der Waals surface area contributed by atoms with E-state index in [2.05, 4.69) is 47.2 Å². The smallest absolute Gasteiger partial charge is 0.238 e. The Morgan fingerprint density at radius 2 is 1.67 bits per heavy atom. The van der Waals surface area contributed by atoms with Crippen LogP contribution >= 0.6 is 0 Å². The molecule has 2 aromatic carbocycles. The highest BCUT2D eigenvalue weighted by Crippen LogP contribution is 2.30. The summed E-state index contributed by atoms with van der Waals surface area (Å²) in [4.78, 5) is 17.2. The largest absolute Gasteiger partial charge is 0.490 e. The summed E-state index contributed by atoms with van der Waals surface area (Å²) in [6, 6.07) is 12.0. The Kier molecular flexibility index (Phi) is 7.57. The highest BCUT2D eigenvalue weighted by molar-refractivity contribution is 5.92. The first-order chi connectivity index (χ1) is 14.5. The number of amides is 1. The Morgan fingerprint density at radius 1 is 0.967 bits per heavy atom. The van der Waals surface area contributed by atoms with Crippen LogP contribution in [0.15, 0.2) is 36.4 Å². The van der Waals surface area contributed by atoms with E-state index in [0.717, 1.165) is 31.9 Å². The number of hydrogen-bond acceptors (Lipinski definition) is 5. The van der Waals surface area contributed by atoms with Gasteiger partial charge in [-0.15, -0.1) is 0 Å². The van der Waals surface area contributed by atoms with Crippen LogP contribution in [0.2, 0.25) is 0 Å². The minimum absolute atomic E-state index is 0.0122. The van der Waals surface area contributed by atoms with Crippen LogP contribution in [0.4, 0.5) is 11.4 Å². The van der Waals surface area contributed by atoms with Crippen LogP contribution in [-0.2, 0) is 4.79 Å². The van der Waals surface area contributed by atoms with E-state index in [9.17, 15) is 4.79 Å². The monoisotopic (exact) mass is 411 g/mol. The predicted molar refractivity (Wildman–Crippen MR) is 122 cm³/mol. The van der Waals surface area contributed by atoms with Crippen molar-refractivity contribution in [2.45, 2.75) is 27.7 Å². The van der Waals surface area contributed by atoms with Crippen molar-refractivity contribution < 1.29 is 14.3 Å². The fraction of sp³-hybridized carbons (Fsp3) is 0.458. The first kappa shape index (κ1) is 22.0. The van der Waals surface area contributed by atoms with E-state index >= 15 is 0 Å². The van der Waals surface area contributed by atoms with Gasteiger partial charge in [-0.1, -0.05) is 12.1 Å². The van der Waals surface area contributed by atoms with Gasteiger partial charge in [0.25, 0.3) is 0 Å². The van der Waals surface area contributed by atoms with Gasteiger partial charge in [-0.25, -0.2) is 0 Å². The van der Waals surface area contributed by atoms with Crippen LogP contribution in [-0.4, -0.2) is 56.7 Å². The zero-order valence-corrected chi connectivity index (χ0v) is 18.5. The quantitative estimate of drug-likeness (QED) is 0.715. The first-order valence-electron chi connectivity index (χ1n) is 10.7. The van der Waals surface area contributed by atoms with Crippen LogP contribution in [0.5, 0.6) is 11.5 Å². The molecule has 0 saturated carbocycles. The molecule has 0 aliphatic carbocycles. The van der Waals surface area contributed by atoms with Gasteiger partial charge in [-0.3, -0.25) is 9.69 Å². The van der Waals surface area contributed by atoms with Gasteiger partial charge in [0.05, 0.1) is 19.8 Å². The summed E-state index contributed by atoms with van der Waals surface area (Å²) in [5.74, 6) is 1.33. The van der Waals surface area contributed by atoms with Gasteiger partial charge in [0.15, 0.2) is 11.5 Å². The molecule has 1 fully saturated rings. The van der Waals surface area contributed by atoms with E-state index in [1.807, 2.05) is 32.0 Å². The number of rotatable bonds is 8. The normalized spacial score (nSPS) is 14.5. The third-order valence-corrected chi connectivity index (χ3v) is 5.48. The van der Waals surface area contributed by atoms with Crippen molar-refractivity contribution in [2.75, 3.05) is 56.2 Å². The lowest BCUT2D eigenvalue weighted by atomic mass is 10.1. The van der Waals surface area contributed by atoms with Crippen molar-refractivity contribution >= 4 is 17.3 Å². The first-order valence-corrected chi connectivity index (χ1v) is 10.7. The molecular weight excluding hydrogens is 378 g/mol. The minimum atomic E-state index is -0.0122. The van der Waals surface area contributed by atoms with E-state index in [0.29, 0.717) is 31.3 Å². The van der Waals surface area contributed by atoms with Gasteiger partial charge in [0, 0.05) is 43.6 Å². The molecule has 1 saturated heterocycles. The summed E-state index contributed by atoms with van der Waals surface area (Å²) < 4.78 is 11.2. The van der Waals surface area contributed by atoms with E-state index in [-0.39, 0.29) is 5.91 Å². The van der Waals surface area contributed by atoms with Gasteiger partial charge >= 0.3 is 0 Å². The van der Waals surface area contributed by atoms with Crippen LogP contribution in [0.1, 0.15) is 25.0 Å². The molecule has 0 spiro atoms. The summed E-state index contributed by atoms with van der Waals surface area (Å²) in [6.45, 7) is 13.3. The summed E-state index contributed by atoms with van der Waals surface area (Å²) in [5.41, 5.74) is 4.68. The van der Waals surface area contributed by atoms with Gasteiger partial charge < -0.3 is 19.7 Å². The molecule has 30 heavy (non-hydrogen) atoms. The molecule has 0 bridgehead atoms. The van der Waals surface area contributed by atoms with E-state index in [1.54, 1.807) is 0 Å². The zero-order valence-electron chi connectivity index (χ0n) is 18.5. The number of benzene rings is 2. The Morgan fingerprint density at radius 3 is 2.37 bits per heavy atom. The number of anilines is 2. The number of carbonyl (C=O) groups excluding carboxylic acids is 1. The fourth-order valence-electron chi connectivity index (χ4n) is 3.76.